The third-order valence-corrected chi connectivity index (χ3v) is 7.01. The first-order valence-electron chi connectivity index (χ1n) is 11.5. The number of esters is 2. The van der Waals surface area contributed by atoms with Crippen LogP contribution in [0.5, 0.6) is 0 Å². The third-order valence-electron chi connectivity index (χ3n) is 7.01. The van der Waals surface area contributed by atoms with E-state index >= 15 is 0 Å². The van der Waals surface area contributed by atoms with E-state index in [2.05, 4.69) is 20.4 Å². The molecule has 31 heavy (non-hydrogen) atoms. The van der Waals surface area contributed by atoms with E-state index in [1.54, 1.807) is 6.92 Å². The molecule has 172 valence electrons. The quantitative estimate of drug-likeness (QED) is 0.315. The van der Waals surface area contributed by atoms with Gasteiger partial charge in [0.1, 0.15) is 6.10 Å². The van der Waals surface area contributed by atoms with Crippen LogP contribution in [0.25, 0.3) is 0 Å². The molecule has 5 heteroatoms. The zero-order valence-corrected chi connectivity index (χ0v) is 20.1. The average Bonchev–Trinajstić information content (AvgIpc) is 3.00. The van der Waals surface area contributed by atoms with Crippen molar-refractivity contribution in [2.75, 3.05) is 0 Å². The van der Waals surface area contributed by atoms with Crippen LogP contribution in [0.2, 0.25) is 0 Å². The van der Waals surface area contributed by atoms with Crippen molar-refractivity contribution in [1.82, 2.24) is 0 Å². The molecule has 2 aliphatic carbocycles. The molecule has 0 aromatic rings. The minimum atomic E-state index is -0.902. The summed E-state index contributed by atoms with van der Waals surface area (Å²) in [6, 6.07) is 0. The maximum Gasteiger partial charge on any atom is 0.331 e. The Morgan fingerprint density at radius 2 is 1.81 bits per heavy atom. The highest BCUT2D eigenvalue weighted by Gasteiger charge is 2.57. The summed E-state index contributed by atoms with van der Waals surface area (Å²) >= 11 is 0. The normalized spacial score (nSPS) is 31.0. The molecule has 0 bridgehead atoms. The number of rotatable bonds is 7. The zero-order valence-electron chi connectivity index (χ0n) is 20.1. The third kappa shape index (κ3) is 5.19. The minimum absolute atomic E-state index is 0.0809. The summed E-state index contributed by atoms with van der Waals surface area (Å²) < 4.78 is 11.6. The Labute approximate surface area is 186 Å². The molecule has 0 unspecified atom stereocenters. The van der Waals surface area contributed by atoms with Crippen molar-refractivity contribution < 1.29 is 23.9 Å². The van der Waals surface area contributed by atoms with Crippen LogP contribution in [-0.4, -0.2) is 29.9 Å². The number of fused-ring (bicyclic) bond motifs is 1. The maximum absolute atomic E-state index is 13.3. The Morgan fingerprint density at radius 1 is 1.16 bits per heavy atom. The van der Waals surface area contributed by atoms with E-state index in [1.165, 1.54) is 6.08 Å². The van der Waals surface area contributed by atoms with Gasteiger partial charge in [-0.2, -0.15) is 0 Å². The van der Waals surface area contributed by atoms with Crippen molar-refractivity contribution in [2.45, 2.75) is 79.9 Å². The monoisotopic (exact) mass is 430 g/mol. The van der Waals surface area contributed by atoms with Crippen LogP contribution in [0.1, 0.15) is 67.7 Å². The Kier molecular flexibility index (Phi) is 8.44. The average molecular weight is 431 g/mol. The summed E-state index contributed by atoms with van der Waals surface area (Å²) in [6.45, 7) is 17.9. The first-order valence-corrected chi connectivity index (χ1v) is 11.5. The van der Waals surface area contributed by atoms with Crippen molar-refractivity contribution in [3.8, 4) is 0 Å². The van der Waals surface area contributed by atoms with Gasteiger partial charge in [-0.05, 0) is 56.1 Å². The van der Waals surface area contributed by atoms with Crippen molar-refractivity contribution in [3.63, 3.8) is 0 Å². The number of ketones is 1. The molecule has 2 rings (SSSR count). The lowest BCUT2D eigenvalue weighted by Gasteiger charge is -2.42. The van der Waals surface area contributed by atoms with E-state index in [9.17, 15) is 14.4 Å². The summed E-state index contributed by atoms with van der Waals surface area (Å²) in [5.74, 6) is -1.26. The lowest BCUT2D eigenvalue weighted by Crippen LogP contribution is -2.43. The summed E-state index contributed by atoms with van der Waals surface area (Å²) in [6.07, 6.45) is 3.98. The smallest absolute Gasteiger partial charge is 0.331 e. The highest BCUT2D eigenvalue weighted by atomic mass is 16.6. The molecule has 0 aromatic heterocycles. The van der Waals surface area contributed by atoms with Crippen LogP contribution in [0.3, 0.4) is 0 Å². The number of carbonyl (C=O) groups is 3. The second-order valence-electron chi connectivity index (χ2n) is 9.31. The Morgan fingerprint density at radius 3 is 2.32 bits per heavy atom. The molecule has 0 spiro atoms. The van der Waals surface area contributed by atoms with Gasteiger partial charge in [-0.3, -0.25) is 9.59 Å². The second-order valence-corrected chi connectivity index (χ2v) is 9.31. The fourth-order valence-electron chi connectivity index (χ4n) is 4.71. The molecule has 0 heterocycles. The van der Waals surface area contributed by atoms with Gasteiger partial charge in [0.25, 0.3) is 0 Å². The summed E-state index contributed by atoms with van der Waals surface area (Å²) in [4.78, 5) is 38.3. The van der Waals surface area contributed by atoms with Crippen molar-refractivity contribution >= 4 is 17.7 Å². The molecule has 0 radical (unpaired) electrons. The Balaban J connectivity index is 2.41. The Hall–Kier alpha value is -2.17. The molecule has 2 aliphatic rings. The van der Waals surface area contributed by atoms with Gasteiger partial charge >= 0.3 is 11.9 Å². The highest BCUT2D eigenvalue weighted by molar-refractivity contribution is 6.03. The second kappa shape index (κ2) is 10.4. The van der Waals surface area contributed by atoms with E-state index in [0.29, 0.717) is 24.0 Å². The number of ether oxygens (including phenoxy) is 2. The highest BCUT2D eigenvalue weighted by Crippen LogP contribution is 2.53. The van der Waals surface area contributed by atoms with E-state index in [1.807, 2.05) is 33.8 Å². The van der Waals surface area contributed by atoms with Crippen molar-refractivity contribution in [2.24, 2.45) is 29.6 Å². The molecule has 0 saturated heterocycles. The van der Waals surface area contributed by atoms with Gasteiger partial charge in [0.15, 0.2) is 11.9 Å². The number of hydrogen-bond acceptors (Lipinski definition) is 5. The summed E-state index contributed by atoms with van der Waals surface area (Å²) in [7, 11) is 0. The molecule has 2 fully saturated rings. The van der Waals surface area contributed by atoms with Crippen LogP contribution in [0, 0.1) is 29.6 Å². The van der Waals surface area contributed by atoms with E-state index in [0.717, 1.165) is 12.0 Å². The fraction of sp³-hybridized carbons (Fsp3) is 0.654. The van der Waals surface area contributed by atoms with E-state index < -0.39 is 18.2 Å². The van der Waals surface area contributed by atoms with E-state index in [4.69, 9.17) is 9.47 Å². The van der Waals surface area contributed by atoms with E-state index in [-0.39, 0.29) is 41.3 Å². The topological polar surface area (TPSA) is 69.7 Å². The maximum atomic E-state index is 13.3. The lowest BCUT2D eigenvalue weighted by atomic mass is 9.65. The van der Waals surface area contributed by atoms with Crippen LogP contribution < -0.4 is 0 Å². The molecule has 0 aliphatic heterocycles. The van der Waals surface area contributed by atoms with Gasteiger partial charge in [0, 0.05) is 17.9 Å². The Bertz CT molecular complexity index is 788. The number of hydrogen-bond donors (Lipinski definition) is 0. The van der Waals surface area contributed by atoms with Gasteiger partial charge in [-0.25, -0.2) is 4.79 Å². The van der Waals surface area contributed by atoms with Crippen LogP contribution in [0.4, 0.5) is 0 Å². The number of carbonyl (C=O) groups excluding carboxylic acids is 3. The van der Waals surface area contributed by atoms with Gasteiger partial charge in [0.05, 0.1) is 5.92 Å². The largest absolute Gasteiger partial charge is 0.455 e. The summed E-state index contributed by atoms with van der Waals surface area (Å²) in [5, 5.41) is 0. The molecule has 0 amide bonds. The molecule has 0 N–H and O–H groups in total. The lowest BCUT2D eigenvalue weighted by molar-refractivity contribution is -0.160. The van der Waals surface area contributed by atoms with Crippen LogP contribution in [0.15, 0.2) is 35.5 Å². The number of allylic oxidation sites excluding steroid dienone is 2. The molecular formula is C26H38O5. The number of Topliss-reactive ketones (excluding diaryl/α,β-unsaturated/α-hetero) is 1. The molecular weight excluding hydrogens is 392 g/mol. The van der Waals surface area contributed by atoms with Gasteiger partial charge in [-0.15, -0.1) is 0 Å². The van der Waals surface area contributed by atoms with Gasteiger partial charge < -0.3 is 9.47 Å². The predicted molar refractivity (Wildman–Crippen MR) is 121 cm³/mol. The fourth-order valence-corrected chi connectivity index (χ4v) is 4.71. The van der Waals surface area contributed by atoms with Crippen LogP contribution >= 0.6 is 0 Å². The molecule has 6 atom stereocenters. The molecule has 0 aromatic carbocycles. The molecule has 2 saturated carbocycles. The van der Waals surface area contributed by atoms with Gasteiger partial charge in [-0.1, -0.05) is 52.8 Å². The van der Waals surface area contributed by atoms with Crippen molar-refractivity contribution in [3.05, 3.63) is 35.5 Å². The SMILES string of the molecule is C=C1[C@H]2[C@H](/C(=C\C)C(=O)[C@H]2OC(=O)[C@H](C)CC)[C@H](C(C)C)C[C@H]1OC(=O)/C=C(\C)CC. The first kappa shape index (κ1) is 25.1. The molecule has 5 nitrogen and oxygen atoms in total. The summed E-state index contributed by atoms with van der Waals surface area (Å²) in [5.41, 5.74) is 2.32. The predicted octanol–water partition coefficient (Wildman–Crippen LogP) is 5.21. The van der Waals surface area contributed by atoms with Gasteiger partial charge in [0.2, 0.25) is 0 Å². The standard InChI is InChI=1S/C26H38O5/c1-9-15(6)12-21(27)30-20-13-19(14(4)5)23-18(11-3)24(28)25(22(23)17(20)8)31-26(29)16(7)10-2/h11-12,14,16,19-20,22-23,25H,8-10,13H2,1-7H3/b15-12+,18-11+/t16-,19+,20-,22+,23-,25+/m1/s1. The van der Waals surface area contributed by atoms with Crippen molar-refractivity contribution in [1.29, 1.82) is 0 Å². The van der Waals surface area contributed by atoms with Crippen LogP contribution in [-0.2, 0) is 23.9 Å². The first-order chi connectivity index (χ1) is 14.6. The zero-order chi connectivity index (χ0) is 23.5. The minimum Gasteiger partial charge on any atom is -0.455 e.